The van der Waals surface area contributed by atoms with Gasteiger partial charge in [-0.15, -0.1) is 0 Å². The summed E-state index contributed by atoms with van der Waals surface area (Å²) in [6, 6.07) is 0. The molecule has 5 heteroatoms. The molecule has 1 fully saturated rings. The van der Waals surface area contributed by atoms with Gasteiger partial charge in [-0.2, -0.15) is 0 Å². The van der Waals surface area contributed by atoms with Crippen LogP contribution in [0.5, 0.6) is 0 Å². The molecule has 0 bridgehead atoms. The Morgan fingerprint density at radius 3 is 2.56 bits per heavy atom. The lowest BCUT2D eigenvalue weighted by atomic mass is 9.82. The maximum absolute atomic E-state index is 12.0. The van der Waals surface area contributed by atoms with Crippen LogP contribution in [0.15, 0.2) is 0 Å². The first-order valence-corrected chi connectivity index (χ1v) is 6.08. The number of carbonyl (C=O) groups is 1. The molecule has 0 radical (unpaired) electrons. The number of hydrogen-bond donors (Lipinski definition) is 2. The number of nitrogens with two attached hydrogens (primary N) is 1. The lowest BCUT2D eigenvalue weighted by Gasteiger charge is -2.35. The Bertz CT molecular complexity index is 277. The zero-order chi connectivity index (χ0) is 12.3. The fourth-order valence-electron chi connectivity index (χ4n) is 2.09. The molecular formula is C11H20N2O2S. The van der Waals surface area contributed by atoms with Crippen LogP contribution in [0.3, 0.4) is 0 Å². The quantitative estimate of drug-likeness (QED) is 0.692. The van der Waals surface area contributed by atoms with E-state index in [-0.39, 0.29) is 22.9 Å². The van der Waals surface area contributed by atoms with Crippen LogP contribution in [0.2, 0.25) is 0 Å². The van der Waals surface area contributed by atoms with Crippen molar-refractivity contribution >= 4 is 23.1 Å². The van der Waals surface area contributed by atoms with E-state index in [1.165, 1.54) is 0 Å². The fraction of sp³-hybridized carbons (Fsp3) is 0.818. The Morgan fingerprint density at radius 1 is 1.62 bits per heavy atom. The van der Waals surface area contributed by atoms with Gasteiger partial charge in [0.05, 0.1) is 17.0 Å². The number of nitrogens with zero attached hydrogens (tertiary/aromatic N) is 1. The van der Waals surface area contributed by atoms with E-state index >= 15 is 0 Å². The molecule has 1 amide bonds. The summed E-state index contributed by atoms with van der Waals surface area (Å²) in [5.74, 6) is 0.0780. The average molecular weight is 244 g/mol. The summed E-state index contributed by atoms with van der Waals surface area (Å²) >= 11 is 4.88. The Balaban J connectivity index is 2.43. The van der Waals surface area contributed by atoms with Crippen LogP contribution in [-0.2, 0) is 4.79 Å². The van der Waals surface area contributed by atoms with Crippen LogP contribution in [0, 0.1) is 11.8 Å². The van der Waals surface area contributed by atoms with Gasteiger partial charge in [-0.1, -0.05) is 19.1 Å². The predicted octanol–water partition coefficient (Wildman–Crippen LogP) is 0.528. The maximum Gasteiger partial charge on any atom is 0.232 e. The summed E-state index contributed by atoms with van der Waals surface area (Å²) in [5.41, 5.74) is 5.53. The highest BCUT2D eigenvalue weighted by Gasteiger charge is 2.31. The molecule has 0 aromatic rings. The largest absolute Gasteiger partial charge is 0.393 e. The third kappa shape index (κ3) is 3.15. The fourth-order valence-corrected chi connectivity index (χ4v) is 2.36. The molecule has 0 saturated heterocycles. The van der Waals surface area contributed by atoms with Crippen LogP contribution in [0.1, 0.15) is 26.2 Å². The molecule has 0 aromatic carbocycles. The number of rotatable bonds is 5. The first-order valence-electron chi connectivity index (χ1n) is 5.68. The molecule has 1 saturated carbocycles. The zero-order valence-electron chi connectivity index (χ0n) is 9.85. The summed E-state index contributed by atoms with van der Waals surface area (Å²) in [7, 11) is 1.77. The highest BCUT2D eigenvalue weighted by atomic mass is 32.1. The van der Waals surface area contributed by atoms with Gasteiger partial charge < -0.3 is 15.7 Å². The van der Waals surface area contributed by atoms with Gasteiger partial charge in [-0.05, 0) is 25.2 Å². The highest BCUT2D eigenvalue weighted by molar-refractivity contribution is 7.80. The Kier molecular flexibility index (Phi) is 4.68. The molecule has 1 atom stereocenters. The molecule has 1 rings (SSSR count). The molecule has 1 aliphatic carbocycles. The lowest BCUT2D eigenvalue weighted by molar-refractivity contribution is -0.133. The monoisotopic (exact) mass is 244 g/mol. The number of aliphatic hydroxyl groups excluding tert-OH is 1. The maximum atomic E-state index is 12.0. The lowest BCUT2D eigenvalue weighted by Crippen LogP contribution is -2.44. The van der Waals surface area contributed by atoms with Gasteiger partial charge in [-0.3, -0.25) is 4.79 Å². The molecule has 0 spiro atoms. The van der Waals surface area contributed by atoms with Crippen LogP contribution in [-0.4, -0.2) is 40.6 Å². The minimum atomic E-state index is -0.343. The number of aliphatic hydroxyl groups is 1. The third-order valence-electron chi connectivity index (χ3n) is 3.17. The molecule has 1 aliphatic rings. The Morgan fingerprint density at radius 2 is 2.19 bits per heavy atom. The van der Waals surface area contributed by atoms with Crippen LogP contribution in [0.25, 0.3) is 0 Å². The normalized spacial score (nSPS) is 25.7. The van der Waals surface area contributed by atoms with Crippen molar-refractivity contribution in [2.45, 2.75) is 32.3 Å². The van der Waals surface area contributed by atoms with Gasteiger partial charge in [0.15, 0.2) is 0 Å². The van der Waals surface area contributed by atoms with Gasteiger partial charge >= 0.3 is 0 Å². The van der Waals surface area contributed by atoms with Gasteiger partial charge in [0.1, 0.15) is 0 Å². The Labute approximate surface area is 102 Å². The molecule has 92 valence electrons. The summed E-state index contributed by atoms with van der Waals surface area (Å²) < 4.78 is 0. The molecule has 4 nitrogen and oxygen atoms in total. The molecule has 0 aliphatic heterocycles. The smallest absolute Gasteiger partial charge is 0.232 e. The minimum absolute atomic E-state index is 0.00334. The molecule has 0 aromatic heterocycles. The topological polar surface area (TPSA) is 66.6 Å². The van der Waals surface area contributed by atoms with E-state index in [4.69, 9.17) is 23.1 Å². The number of carbonyl (C=O) groups excluding carboxylic acids is 1. The van der Waals surface area contributed by atoms with Gasteiger partial charge in [0, 0.05) is 13.6 Å². The van der Waals surface area contributed by atoms with Gasteiger partial charge in [-0.25, -0.2) is 0 Å². The minimum Gasteiger partial charge on any atom is -0.393 e. The number of hydrogen-bond acceptors (Lipinski definition) is 3. The zero-order valence-corrected chi connectivity index (χ0v) is 10.7. The number of amides is 1. The summed E-state index contributed by atoms with van der Waals surface area (Å²) in [6.07, 6.45) is 2.06. The predicted molar refractivity (Wildman–Crippen MR) is 66.9 cm³/mol. The van der Waals surface area contributed by atoms with Crippen LogP contribution in [0.4, 0.5) is 0 Å². The molecule has 3 N–H and O–H groups in total. The second kappa shape index (κ2) is 5.59. The van der Waals surface area contributed by atoms with E-state index in [9.17, 15) is 4.79 Å². The second-order valence-corrected chi connectivity index (χ2v) is 5.04. The average Bonchev–Trinajstić information content (AvgIpc) is 2.15. The highest BCUT2D eigenvalue weighted by Crippen LogP contribution is 2.28. The standard InChI is InChI=1S/C11H20N2O2S/c1-3-9(10(12)16)11(15)13(2)6-7-4-8(14)5-7/h7-9,14H,3-6H2,1-2H3,(H2,12,16). The first kappa shape index (κ1) is 13.4. The van der Waals surface area contributed by atoms with Crippen molar-refractivity contribution < 1.29 is 9.90 Å². The van der Waals surface area contributed by atoms with Crippen molar-refractivity contribution in [2.75, 3.05) is 13.6 Å². The van der Waals surface area contributed by atoms with E-state index in [1.54, 1.807) is 11.9 Å². The van der Waals surface area contributed by atoms with Crippen molar-refractivity contribution in [3.63, 3.8) is 0 Å². The summed E-state index contributed by atoms with van der Waals surface area (Å²) in [5, 5.41) is 9.17. The van der Waals surface area contributed by atoms with E-state index in [1.807, 2.05) is 6.92 Å². The SMILES string of the molecule is CCC(C(=O)N(C)CC1CC(O)C1)C(N)=S. The van der Waals surface area contributed by atoms with Crippen LogP contribution < -0.4 is 5.73 Å². The van der Waals surface area contributed by atoms with Crippen molar-refractivity contribution in [1.82, 2.24) is 4.90 Å². The van der Waals surface area contributed by atoms with Gasteiger partial charge in [0.2, 0.25) is 5.91 Å². The summed E-state index contributed by atoms with van der Waals surface area (Å²) in [4.78, 5) is 13.9. The third-order valence-corrected chi connectivity index (χ3v) is 3.45. The molecule has 0 heterocycles. The van der Waals surface area contributed by atoms with E-state index in [0.29, 0.717) is 18.9 Å². The second-order valence-electron chi connectivity index (χ2n) is 4.57. The van der Waals surface area contributed by atoms with Gasteiger partial charge in [0.25, 0.3) is 0 Å². The van der Waals surface area contributed by atoms with Crippen molar-refractivity contribution in [3.8, 4) is 0 Å². The number of thiocarbonyl (C=S) groups is 1. The first-order chi connectivity index (χ1) is 7.45. The van der Waals surface area contributed by atoms with Crippen molar-refractivity contribution in [1.29, 1.82) is 0 Å². The Hall–Kier alpha value is -0.680. The molecule has 1 unspecified atom stereocenters. The van der Waals surface area contributed by atoms with Crippen molar-refractivity contribution in [3.05, 3.63) is 0 Å². The van der Waals surface area contributed by atoms with E-state index in [2.05, 4.69) is 0 Å². The van der Waals surface area contributed by atoms with E-state index in [0.717, 1.165) is 12.8 Å². The molecule has 16 heavy (non-hydrogen) atoms. The summed E-state index contributed by atoms with van der Waals surface area (Å²) in [6.45, 7) is 2.59. The van der Waals surface area contributed by atoms with Crippen molar-refractivity contribution in [2.24, 2.45) is 17.6 Å². The van der Waals surface area contributed by atoms with E-state index < -0.39 is 0 Å². The van der Waals surface area contributed by atoms with Crippen LogP contribution >= 0.6 is 12.2 Å². The molecular weight excluding hydrogens is 224 g/mol.